The van der Waals surface area contributed by atoms with Crippen LogP contribution in [-0.2, 0) is 16.1 Å². The molecule has 0 radical (unpaired) electrons. The Bertz CT molecular complexity index is 390. The van der Waals surface area contributed by atoms with Crippen LogP contribution in [0.5, 0.6) is 11.8 Å². The van der Waals surface area contributed by atoms with Crippen LogP contribution in [0.3, 0.4) is 0 Å². The highest BCUT2D eigenvalue weighted by molar-refractivity contribution is 5.69. The van der Waals surface area contributed by atoms with Crippen LogP contribution in [0.4, 0.5) is 0 Å². The molecule has 0 unspecified atom stereocenters. The van der Waals surface area contributed by atoms with Gasteiger partial charge in [-0.1, -0.05) is 0 Å². The Labute approximate surface area is 112 Å². The summed E-state index contributed by atoms with van der Waals surface area (Å²) in [6.07, 6.45) is 1.69. The maximum absolute atomic E-state index is 11.2. The lowest BCUT2D eigenvalue weighted by Gasteiger charge is -2.11. The predicted octanol–water partition coefficient (Wildman–Crippen LogP) is 0.537. The number of nitrogens with zero attached hydrogens (tertiary/aromatic N) is 2. The molecule has 0 atom stereocenters. The fourth-order valence-corrected chi connectivity index (χ4v) is 1.52. The van der Waals surface area contributed by atoms with Crippen LogP contribution in [0, 0.1) is 0 Å². The van der Waals surface area contributed by atoms with Crippen molar-refractivity contribution in [3.8, 4) is 11.8 Å². The lowest BCUT2D eigenvalue weighted by atomic mass is 10.3. The molecule has 0 saturated carbocycles. The van der Waals surface area contributed by atoms with Crippen molar-refractivity contribution in [3.63, 3.8) is 0 Å². The summed E-state index contributed by atoms with van der Waals surface area (Å²) in [7, 11) is 3.06. The molecule has 0 aliphatic carbocycles. The zero-order chi connectivity index (χ0) is 14.1. The van der Waals surface area contributed by atoms with Crippen molar-refractivity contribution in [2.75, 3.05) is 27.4 Å². The standard InChI is InChI=1S/C12H19N3O4/c1-4-19-10(16)5-6-13-7-9-11(17-2)14-8-15-12(9)18-3/h8,13H,4-7H2,1-3H3. The summed E-state index contributed by atoms with van der Waals surface area (Å²) in [6.45, 7) is 3.13. The second-order valence-corrected chi connectivity index (χ2v) is 3.60. The van der Waals surface area contributed by atoms with Gasteiger partial charge < -0.3 is 19.5 Å². The second kappa shape index (κ2) is 8.25. The van der Waals surface area contributed by atoms with E-state index in [9.17, 15) is 4.79 Å². The number of nitrogens with one attached hydrogen (secondary N) is 1. The maximum Gasteiger partial charge on any atom is 0.307 e. The van der Waals surface area contributed by atoms with E-state index in [0.29, 0.717) is 37.9 Å². The van der Waals surface area contributed by atoms with E-state index in [2.05, 4.69) is 15.3 Å². The molecule has 0 amide bonds. The molecule has 7 heteroatoms. The van der Waals surface area contributed by atoms with Crippen molar-refractivity contribution in [1.29, 1.82) is 0 Å². The van der Waals surface area contributed by atoms with Gasteiger partial charge in [-0.2, -0.15) is 0 Å². The fraction of sp³-hybridized carbons (Fsp3) is 0.583. The molecule has 0 spiro atoms. The number of methoxy groups -OCH3 is 2. The lowest BCUT2D eigenvalue weighted by Crippen LogP contribution is -2.20. The predicted molar refractivity (Wildman–Crippen MR) is 68.1 cm³/mol. The third-order valence-electron chi connectivity index (χ3n) is 2.37. The third kappa shape index (κ3) is 4.70. The summed E-state index contributed by atoms with van der Waals surface area (Å²) >= 11 is 0. The largest absolute Gasteiger partial charge is 0.481 e. The van der Waals surface area contributed by atoms with Crippen molar-refractivity contribution >= 4 is 5.97 Å². The quantitative estimate of drug-likeness (QED) is 0.544. The summed E-state index contributed by atoms with van der Waals surface area (Å²) in [5.41, 5.74) is 0.719. The van der Waals surface area contributed by atoms with Gasteiger partial charge in [0.15, 0.2) is 0 Å². The van der Waals surface area contributed by atoms with Gasteiger partial charge in [-0.25, -0.2) is 9.97 Å². The van der Waals surface area contributed by atoms with E-state index < -0.39 is 0 Å². The monoisotopic (exact) mass is 269 g/mol. The smallest absolute Gasteiger partial charge is 0.307 e. The average molecular weight is 269 g/mol. The Hall–Kier alpha value is -1.89. The first-order valence-electron chi connectivity index (χ1n) is 6.01. The van der Waals surface area contributed by atoms with Gasteiger partial charge in [0.25, 0.3) is 0 Å². The second-order valence-electron chi connectivity index (χ2n) is 3.60. The molecule has 0 aliphatic rings. The first-order chi connectivity index (χ1) is 9.22. The highest BCUT2D eigenvalue weighted by Crippen LogP contribution is 2.22. The zero-order valence-corrected chi connectivity index (χ0v) is 11.4. The molecule has 0 saturated heterocycles. The number of esters is 1. The van der Waals surface area contributed by atoms with Crippen LogP contribution in [-0.4, -0.2) is 43.3 Å². The molecule has 1 N–H and O–H groups in total. The van der Waals surface area contributed by atoms with Gasteiger partial charge in [0.1, 0.15) is 6.33 Å². The topological polar surface area (TPSA) is 82.6 Å². The number of aromatic nitrogens is 2. The average Bonchev–Trinajstić information content (AvgIpc) is 2.43. The van der Waals surface area contributed by atoms with Gasteiger partial charge >= 0.3 is 5.97 Å². The number of ether oxygens (including phenoxy) is 3. The summed E-state index contributed by atoms with van der Waals surface area (Å²) in [5, 5.41) is 3.10. The summed E-state index contributed by atoms with van der Waals surface area (Å²) in [6, 6.07) is 0. The number of hydrogen-bond acceptors (Lipinski definition) is 7. The Morgan fingerprint density at radius 2 is 1.89 bits per heavy atom. The Kier molecular flexibility index (Phi) is 6.59. The Balaban J connectivity index is 2.50. The molecule has 1 aromatic heterocycles. The Morgan fingerprint density at radius 1 is 1.26 bits per heavy atom. The molecular weight excluding hydrogens is 250 g/mol. The molecular formula is C12H19N3O4. The first-order valence-corrected chi connectivity index (χ1v) is 6.01. The zero-order valence-electron chi connectivity index (χ0n) is 11.4. The van der Waals surface area contributed by atoms with Gasteiger partial charge in [0.05, 0.1) is 32.8 Å². The van der Waals surface area contributed by atoms with E-state index in [1.807, 2.05) is 0 Å². The van der Waals surface area contributed by atoms with Crippen LogP contribution in [0.1, 0.15) is 18.9 Å². The normalized spacial score (nSPS) is 10.1. The van der Waals surface area contributed by atoms with E-state index in [1.165, 1.54) is 20.5 Å². The number of carbonyl (C=O) groups is 1. The molecule has 1 rings (SSSR count). The molecule has 0 aromatic carbocycles. The van der Waals surface area contributed by atoms with E-state index in [1.54, 1.807) is 6.92 Å². The summed E-state index contributed by atoms with van der Waals surface area (Å²) < 4.78 is 15.1. The minimum atomic E-state index is -0.224. The number of rotatable bonds is 8. The first kappa shape index (κ1) is 15.2. The summed E-state index contributed by atoms with van der Waals surface area (Å²) in [5.74, 6) is 0.684. The molecule has 1 aromatic rings. The van der Waals surface area contributed by atoms with Crippen molar-refractivity contribution in [2.24, 2.45) is 0 Å². The maximum atomic E-state index is 11.2. The van der Waals surface area contributed by atoms with E-state index >= 15 is 0 Å². The minimum absolute atomic E-state index is 0.224. The van der Waals surface area contributed by atoms with E-state index in [-0.39, 0.29) is 5.97 Å². The Morgan fingerprint density at radius 3 is 2.42 bits per heavy atom. The highest BCUT2D eigenvalue weighted by atomic mass is 16.5. The van der Waals surface area contributed by atoms with Crippen LogP contribution in [0.25, 0.3) is 0 Å². The molecule has 0 fully saturated rings. The molecule has 0 bridgehead atoms. The SMILES string of the molecule is CCOC(=O)CCNCc1c(OC)ncnc1OC. The van der Waals surface area contributed by atoms with Crippen LogP contribution in [0.15, 0.2) is 6.33 Å². The fourth-order valence-electron chi connectivity index (χ4n) is 1.52. The number of carbonyl (C=O) groups excluding carboxylic acids is 1. The molecule has 106 valence electrons. The lowest BCUT2D eigenvalue weighted by molar-refractivity contribution is -0.142. The highest BCUT2D eigenvalue weighted by Gasteiger charge is 2.12. The van der Waals surface area contributed by atoms with E-state index in [4.69, 9.17) is 14.2 Å². The van der Waals surface area contributed by atoms with Gasteiger partial charge in [-0.3, -0.25) is 4.79 Å². The van der Waals surface area contributed by atoms with Crippen LogP contribution in [0.2, 0.25) is 0 Å². The van der Waals surface area contributed by atoms with Crippen LogP contribution < -0.4 is 14.8 Å². The molecule has 0 aliphatic heterocycles. The van der Waals surface area contributed by atoms with Gasteiger partial charge in [-0.15, -0.1) is 0 Å². The van der Waals surface area contributed by atoms with E-state index in [0.717, 1.165) is 5.56 Å². The minimum Gasteiger partial charge on any atom is -0.481 e. The third-order valence-corrected chi connectivity index (χ3v) is 2.37. The molecule has 19 heavy (non-hydrogen) atoms. The van der Waals surface area contributed by atoms with Crippen molar-refractivity contribution in [2.45, 2.75) is 19.9 Å². The number of hydrogen-bond donors (Lipinski definition) is 1. The van der Waals surface area contributed by atoms with Gasteiger partial charge in [0, 0.05) is 13.1 Å². The molecule has 7 nitrogen and oxygen atoms in total. The summed E-state index contributed by atoms with van der Waals surface area (Å²) in [4.78, 5) is 19.2. The van der Waals surface area contributed by atoms with Crippen LogP contribution >= 0.6 is 0 Å². The van der Waals surface area contributed by atoms with Crippen molar-refractivity contribution in [1.82, 2.24) is 15.3 Å². The van der Waals surface area contributed by atoms with Gasteiger partial charge in [0.2, 0.25) is 11.8 Å². The van der Waals surface area contributed by atoms with Crippen molar-refractivity contribution < 1.29 is 19.0 Å². The van der Waals surface area contributed by atoms with Gasteiger partial charge in [-0.05, 0) is 6.92 Å². The van der Waals surface area contributed by atoms with Crippen molar-refractivity contribution in [3.05, 3.63) is 11.9 Å². The molecule has 1 heterocycles.